The number of aromatic nitrogens is 2. The zero-order valence-corrected chi connectivity index (χ0v) is 15.2. The van der Waals surface area contributed by atoms with Crippen LogP contribution in [0.4, 0.5) is 0 Å². The zero-order valence-electron chi connectivity index (χ0n) is 15.2. The maximum absolute atomic E-state index is 12.4. The molecule has 0 unspecified atom stereocenters. The molecule has 27 heavy (non-hydrogen) atoms. The number of hydrogen-bond acceptors (Lipinski definition) is 4. The van der Waals surface area contributed by atoms with Gasteiger partial charge in [-0.15, -0.1) is 0 Å². The van der Waals surface area contributed by atoms with Gasteiger partial charge < -0.3 is 10.1 Å². The summed E-state index contributed by atoms with van der Waals surface area (Å²) in [4.78, 5) is 38.7. The van der Waals surface area contributed by atoms with Gasteiger partial charge in [0, 0.05) is 18.5 Å². The van der Waals surface area contributed by atoms with E-state index >= 15 is 0 Å². The van der Waals surface area contributed by atoms with Gasteiger partial charge in [0.1, 0.15) is 5.75 Å². The molecule has 1 amide bonds. The van der Waals surface area contributed by atoms with E-state index in [1.54, 1.807) is 31.4 Å². The summed E-state index contributed by atoms with van der Waals surface area (Å²) in [6.07, 6.45) is 0.107. The fourth-order valence-electron chi connectivity index (χ4n) is 3.09. The van der Waals surface area contributed by atoms with Crippen molar-refractivity contribution in [2.45, 2.75) is 25.9 Å². The number of para-hydroxylation sites is 2. The average molecular weight is 367 g/mol. The highest BCUT2D eigenvalue weighted by atomic mass is 16.5. The van der Waals surface area contributed by atoms with E-state index in [1.807, 2.05) is 31.2 Å². The second kappa shape index (κ2) is 7.90. The highest BCUT2D eigenvalue weighted by Gasteiger charge is 2.14. The smallest absolute Gasteiger partial charge is 0.328 e. The highest BCUT2D eigenvalue weighted by molar-refractivity contribution is 5.79. The number of hydrogen-bond donors (Lipinski definition) is 2. The lowest BCUT2D eigenvalue weighted by molar-refractivity contribution is -0.121. The monoisotopic (exact) mass is 367 g/mol. The number of carbonyl (C=O) groups excluding carboxylic acids is 1. The van der Waals surface area contributed by atoms with E-state index < -0.39 is 11.2 Å². The fraction of sp³-hybridized carbons (Fsp3) is 0.250. The maximum Gasteiger partial charge on any atom is 0.328 e. The summed E-state index contributed by atoms with van der Waals surface area (Å²) in [5.74, 6) is 0.503. The lowest BCUT2D eigenvalue weighted by atomic mass is 10.1. The summed E-state index contributed by atoms with van der Waals surface area (Å²) < 4.78 is 6.73. The van der Waals surface area contributed by atoms with Crippen LogP contribution in [0.15, 0.2) is 58.1 Å². The predicted octanol–water partition coefficient (Wildman–Crippen LogP) is 1.97. The summed E-state index contributed by atoms with van der Waals surface area (Å²) in [5, 5.41) is 3.33. The van der Waals surface area contributed by atoms with Crippen molar-refractivity contribution in [1.29, 1.82) is 0 Å². The van der Waals surface area contributed by atoms with Gasteiger partial charge in [-0.2, -0.15) is 0 Å². The standard InChI is InChI=1S/C20H21N3O4/c1-13(14-7-4-6-10-17(14)27-2)21-18(24)11-12-23-16-9-5-3-8-15(16)19(25)22-20(23)26/h3-10,13H,11-12H2,1-2H3,(H,21,24)(H,22,25,26)/t13-/m1/s1. The van der Waals surface area contributed by atoms with Gasteiger partial charge in [-0.05, 0) is 25.1 Å². The van der Waals surface area contributed by atoms with Crippen molar-refractivity contribution in [3.05, 3.63) is 74.9 Å². The number of amides is 1. The summed E-state index contributed by atoms with van der Waals surface area (Å²) in [6.45, 7) is 2.04. The summed E-state index contributed by atoms with van der Waals surface area (Å²) in [5.41, 5.74) is 0.433. The van der Waals surface area contributed by atoms with Crippen LogP contribution in [-0.4, -0.2) is 22.6 Å². The Labute approximate surface area is 155 Å². The molecule has 0 saturated heterocycles. The molecule has 2 N–H and O–H groups in total. The Morgan fingerprint density at radius 1 is 1.15 bits per heavy atom. The van der Waals surface area contributed by atoms with Crippen molar-refractivity contribution in [3.63, 3.8) is 0 Å². The minimum atomic E-state index is -0.524. The third-order valence-corrected chi connectivity index (χ3v) is 4.45. The Morgan fingerprint density at radius 3 is 2.63 bits per heavy atom. The second-order valence-corrected chi connectivity index (χ2v) is 6.21. The summed E-state index contributed by atoms with van der Waals surface area (Å²) in [6, 6.07) is 14.1. The van der Waals surface area contributed by atoms with Gasteiger partial charge in [0.15, 0.2) is 0 Å². The Morgan fingerprint density at radius 2 is 1.85 bits per heavy atom. The molecule has 0 aliphatic heterocycles. The lowest BCUT2D eigenvalue weighted by Gasteiger charge is -2.17. The van der Waals surface area contributed by atoms with Gasteiger partial charge in [0.25, 0.3) is 5.56 Å². The molecule has 3 aromatic rings. The van der Waals surface area contributed by atoms with Crippen LogP contribution in [-0.2, 0) is 11.3 Å². The van der Waals surface area contributed by atoms with Crippen molar-refractivity contribution >= 4 is 16.8 Å². The van der Waals surface area contributed by atoms with Crippen molar-refractivity contribution in [3.8, 4) is 5.75 Å². The van der Waals surface area contributed by atoms with E-state index in [1.165, 1.54) is 4.57 Å². The van der Waals surface area contributed by atoms with Gasteiger partial charge in [-0.25, -0.2) is 4.79 Å². The van der Waals surface area contributed by atoms with E-state index in [-0.39, 0.29) is 24.9 Å². The first-order valence-corrected chi connectivity index (χ1v) is 8.65. The number of rotatable bonds is 6. The van der Waals surface area contributed by atoms with Crippen LogP contribution in [0.3, 0.4) is 0 Å². The third kappa shape index (κ3) is 3.92. The molecule has 0 fully saturated rings. The van der Waals surface area contributed by atoms with Gasteiger partial charge in [0.05, 0.1) is 24.1 Å². The number of nitrogens with one attached hydrogen (secondary N) is 2. The topological polar surface area (TPSA) is 93.2 Å². The average Bonchev–Trinajstić information content (AvgIpc) is 2.67. The van der Waals surface area contributed by atoms with Gasteiger partial charge in [-0.3, -0.25) is 19.1 Å². The largest absolute Gasteiger partial charge is 0.496 e. The number of H-pyrrole nitrogens is 1. The Bertz CT molecular complexity index is 1080. The van der Waals surface area contributed by atoms with Crippen molar-refractivity contribution in [2.75, 3.05) is 7.11 Å². The Kier molecular flexibility index (Phi) is 5.40. The Hall–Kier alpha value is -3.35. The van der Waals surface area contributed by atoms with Crippen LogP contribution in [0.2, 0.25) is 0 Å². The predicted molar refractivity (Wildman–Crippen MR) is 103 cm³/mol. The van der Waals surface area contributed by atoms with Crippen LogP contribution in [0, 0.1) is 0 Å². The Balaban J connectivity index is 1.74. The summed E-state index contributed by atoms with van der Waals surface area (Å²) in [7, 11) is 1.58. The number of aryl methyl sites for hydroxylation is 1. The number of carbonyl (C=O) groups is 1. The van der Waals surface area contributed by atoms with Crippen LogP contribution in [0.1, 0.15) is 24.9 Å². The molecule has 7 heteroatoms. The van der Waals surface area contributed by atoms with E-state index in [4.69, 9.17) is 4.74 Å². The lowest BCUT2D eigenvalue weighted by Crippen LogP contribution is -2.33. The summed E-state index contributed by atoms with van der Waals surface area (Å²) >= 11 is 0. The SMILES string of the molecule is COc1ccccc1[C@@H](C)NC(=O)CCn1c(=O)[nH]c(=O)c2ccccc21. The first kappa shape index (κ1) is 18.4. The second-order valence-electron chi connectivity index (χ2n) is 6.21. The minimum absolute atomic E-state index is 0.107. The highest BCUT2D eigenvalue weighted by Crippen LogP contribution is 2.24. The third-order valence-electron chi connectivity index (χ3n) is 4.45. The molecule has 0 aliphatic rings. The molecule has 1 heterocycles. The number of benzene rings is 2. The van der Waals surface area contributed by atoms with E-state index in [9.17, 15) is 14.4 Å². The van der Waals surface area contributed by atoms with E-state index in [2.05, 4.69) is 10.3 Å². The number of aromatic amines is 1. The number of nitrogens with zero attached hydrogens (tertiary/aromatic N) is 1. The van der Waals surface area contributed by atoms with Crippen molar-refractivity contribution in [2.24, 2.45) is 0 Å². The quantitative estimate of drug-likeness (QED) is 0.697. The molecule has 2 aromatic carbocycles. The maximum atomic E-state index is 12.4. The molecule has 7 nitrogen and oxygen atoms in total. The number of fused-ring (bicyclic) bond motifs is 1. The van der Waals surface area contributed by atoms with Crippen LogP contribution in [0.5, 0.6) is 5.75 Å². The molecule has 0 aliphatic carbocycles. The van der Waals surface area contributed by atoms with E-state index in [0.717, 1.165) is 5.56 Å². The molecule has 1 atom stereocenters. The molecule has 0 saturated carbocycles. The van der Waals surface area contributed by atoms with Gasteiger partial charge >= 0.3 is 5.69 Å². The minimum Gasteiger partial charge on any atom is -0.496 e. The molecule has 0 radical (unpaired) electrons. The fourth-order valence-corrected chi connectivity index (χ4v) is 3.09. The molecule has 3 rings (SSSR count). The van der Waals surface area contributed by atoms with Crippen LogP contribution >= 0.6 is 0 Å². The number of methoxy groups -OCH3 is 1. The van der Waals surface area contributed by atoms with Gasteiger partial charge in [0.2, 0.25) is 5.91 Å². The normalized spacial score (nSPS) is 11.9. The molecule has 1 aromatic heterocycles. The first-order valence-electron chi connectivity index (χ1n) is 8.65. The molecular formula is C20H21N3O4. The zero-order chi connectivity index (χ0) is 19.4. The van der Waals surface area contributed by atoms with Crippen molar-refractivity contribution < 1.29 is 9.53 Å². The molecule has 0 spiro atoms. The van der Waals surface area contributed by atoms with Gasteiger partial charge in [-0.1, -0.05) is 30.3 Å². The first-order chi connectivity index (χ1) is 13.0. The van der Waals surface area contributed by atoms with Crippen LogP contribution < -0.4 is 21.3 Å². The molecular weight excluding hydrogens is 346 g/mol. The molecule has 140 valence electrons. The van der Waals surface area contributed by atoms with Crippen LogP contribution in [0.25, 0.3) is 10.9 Å². The number of ether oxygens (including phenoxy) is 1. The van der Waals surface area contributed by atoms with E-state index in [0.29, 0.717) is 16.7 Å². The molecule has 0 bridgehead atoms. The van der Waals surface area contributed by atoms with Crippen molar-refractivity contribution in [1.82, 2.24) is 14.9 Å².